The smallest absolute Gasteiger partial charge is 0.448 e. The van der Waals surface area contributed by atoms with Gasteiger partial charge in [-0.15, -0.1) is 9.24 Å². The van der Waals surface area contributed by atoms with Gasteiger partial charge in [-0.05, 0) is 34.6 Å². The zero-order valence-corrected chi connectivity index (χ0v) is 16.8. The van der Waals surface area contributed by atoms with E-state index in [1.54, 1.807) is 30.3 Å². The molecule has 4 rings (SSSR count). The van der Waals surface area contributed by atoms with Gasteiger partial charge in [0, 0.05) is 5.69 Å². The van der Waals surface area contributed by atoms with Crippen LogP contribution in [0.4, 0.5) is 18.9 Å². The predicted octanol–water partition coefficient (Wildman–Crippen LogP) is 4.00. The second kappa shape index (κ2) is 7.36. The number of hydrogen-bond donors (Lipinski definition) is 0. The minimum Gasteiger partial charge on any atom is -0.456 e. The van der Waals surface area contributed by atoms with Crippen molar-refractivity contribution in [2.24, 2.45) is 0 Å². The lowest BCUT2D eigenvalue weighted by Crippen LogP contribution is -2.32. The third-order valence-corrected chi connectivity index (χ3v) is 5.36. The molecule has 0 saturated carbocycles. The highest BCUT2D eigenvalue weighted by atomic mass is 31.0. The summed E-state index contributed by atoms with van der Waals surface area (Å²) in [5.41, 5.74) is 2.01. The van der Waals surface area contributed by atoms with Crippen molar-refractivity contribution < 1.29 is 32.2 Å². The summed E-state index contributed by atoms with van der Waals surface area (Å²) in [5.74, 6) is -1.45. The first kappa shape index (κ1) is 20.3. The number of anilines is 1. The van der Waals surface area contributed by atoms with E-state index in [0.29, 0.717) is 22.7 Å². The Kier molecular flexibility index (Phi) is 4.98. The fourth-order valence-corrected chi connectivity index (χ4v) is 3.91. The number of nitrogens with zero attached hydrogens (tertiary/aromatic N) is 1. The van der Waals surface area contributed by atoms with Crippen molar-refractivity contribution in [3.8, 4) is 11.5 Å². The van der Waals surface area contributed by atoms with E-state index >= 15 is 0 Å². The molecular weight excluding hydrogens is 418 g/mol. The van der Waals surface area contributed by atoms with Gasteiger partial charge in [-0.1, -0.05) is 31.4 Å². The summed E-state index contributed by atoms with van der Waals surface area (Å²) >= 11 is 0. The van der Waals surface area contributed by atoms with E-state index in [-0.39, 0.29) is 25.0 Å². The topological polar surface area (TPSA) is 48.0 Å². The number of carbonyl (C=O) groups is 1. The lowest BCUT2D eigenvalue weighted by molar-refractivity contribution is -0.123. The van der Waals surface area contributed by atoms with Gasteiger partial charge < -0.3 is 19.1 Å². The lowest BCUT2D eigenvalue weighted by atomic mass is 9.92. The standard InChI is InChI=1S/C21H17F3NO4P/c1-11(29-12(2)21(22,23)24)9-25-15-6-4-3-5-13(15)19(20(25)26)14-7-16-17(8-18(14)30)28-10-27-16/h3-8,19H,1-2,9-10,30H2. The molecular formula is C21H17F3NO4P. The molecule has 0 bridgehead atoms. The fraction of sp³-hybridized carbons (Fsp3) is 0.190. The van der Waals surface area contributed by atoms with Crippen molar-refractivity contribution in [3.63, 3.8) is 0 Å². The quantitative estimate of drug-likeness (QED) is 0.526. The van der Waals surface area contributed by atoms with Crippen LogP contribution in [0, 0.1) is 0 Å². The molecule has 5 nitrogen and oxygen atoms in total. The molecule has 2 atom stereocenters. The summed E-state index contributed by atoms with van der Waals surface area (Å²) in [6.07, 6.45) is -4.71. The maximum absolute atomic E-state index is 13.3. The number of alkyl halides is 3. The maximum atomic E-state index is 13.3. The molecule has 30 heavy (non-hydrogen) atoms. The van der Waals surface area contributed by atoms with Crippen LogP contribution in [0.3, 0.4) is 0 Å². The second-order valence-electron chi connectivity index (χ2n) is 6.81. The van der Waals surface area contributed by atoms with Gasteiger partial charge in [0.2, 0.25) is 18.5 Å². The fourth-order valence-electron chi connectivity index (χ4n) is 3.51. The molecule has 156 valence electrons. The third kappa shape index (κ3) is 3.52. The Morgan fingerprint density at radius 3 is 2.53 bits per heavy atom. The van der Waals surface area contributed by atoms with Gasteiger partial charge in [-0.25, -0.2) is 0 Å². The van der Waals surface area contributed by atoms with E-state index in [9.17, 15) is 18.0 Å². The van der Waals surface area contributed by atoms with Gasteiger partial charge in [0.1, 0.15) is 5.76 Å². The zero-order chi connectivity index (χ0) is 21.6. The summed E-state index contributed by atoms with van der Waals surface area (Å²) in [6, 6.07) is 10.6. The molecule has 2 aromatic carbocycles. The molecule has 0 radical (unpaired) electrons. The van der Waals surface area contributed by atoms with Gasteiger partial charge in [0.25, 0.3) is 0 Å². The molecule has 2 unspecified atom stereocenters. The van der Waals surface area contributed by atoms with Crippen molar-refractivity contribution in [2.45, 2.75) is 12.1 Å². The Hall–Kier alpha value is -2.99. The molecule has 0 spiro atoms. The average molecular weight is 435 g/mol. The second-order valence-corrected chi connectivity index (χ2v) is 7.43. The number of amides is 1. The SMILES string of the molecule is C=C(CN1C(=O)C(c2cc3c(cc2P)OCO3)c2ccccc21)OC(=C)C(F)(F)F. The largest absolute Gasteiger partial charge is 0.456 e. The molecule has 0 aliphatic carbocycles. The van der Waals surface area contributed by atoms with E-state index in [4.69, 9.17) is 14.2 Å². The van der Waals surface area contributed by atoms with Gasteiger partial charge >= 0.3 is 6.18 Å². The van der Waals surface area contributed by atoms with Crippen LogP contribution in [0.5, 0.6) is 11.5 Å². The van der Waals surface area contributed by atoms with Crippen LogP contribution in [0.2, 0.25) is 0 Å². The molecule has 2 aromatic rings. The van der Waals surface area contributed by atoms with Crippen molar-refractivity contribution in [2.75, 3.05) is 18.2 Å². The predicted molar refractivity (Wildman–Crippen MR) is 108 cm³/mol. The van der Waals surface area contributed by atoms with Crippen molar-refractivity contribution in [1.82, 2.24) is 0 Å². The number of fused-ring (bicyclic) bond motifs is 2. The van der Waals surface area contributed by atoms with E-state index in [2.05, 4.69) is 22.4 Å². The van der Waals surface area contributed by atoms with Gasteiger partial charge in [-0.2, -0.15) is 13.2 Å². The van der Waals surface area contributed by atoms with E-state index in [1.165, 1.54) is 4.90 Å². The van der Waals surface area contributed by atoms with Crippen LogP contribution >= 0.6 is 9.24 Å². The minimum atomic E-state index is -4.71. The van der Waals surface area contributed by atoms with Crippen LogP contribution in [-0.4, -0.2) is 25.4 Å². The zero-order valence-electron chi connectivity index (χ0n) is 15.7. The van der Waals surface area contributed by atoms with Crippen LogP contribution < -0.4 is 19.7 Å². The van der Waals surface area contributed by atoms with Crippen molar-refractivity contribution >= 4 is 26.1 Å². The van der Waals surface area contributed by atoms with E-state index < -0.39 is 17.9 Å². The number of para-hydroxylation sites is 1. The number of hydrogen-bond acceptors (Lipinski definition) is 4. The van der Waals surface area contributed by atoms with Crippen molar-refractivity contribution in [3.05, 3.63) is 72.2 Å². The highest BCUT2D eigenvalue weighted by Crippen LogP contribution is 2.44. The average Bonchev–Trinajstić information content (AvgIpc) is 3.23. The Labute approximate surface area is 172 Å². The minimum absolute atomic E-state index is 0.102. The molecule has 0 N–H and O–H groups in total. The van der Waals surface area contributed by atoms with Crippen LogP contribution in [0.1, 0.15) is 17.0 Å². The Morgan fingerprint density at radius 2 is 1.83 bits per heavy atom. The first-order chi connectivity index (χ1) is 14.2. The Morgan fingerprint density at radius 1 is 1.17 bits per heavy atom. The number of benzene rings is 2. The summed E-state index contributed by atoms with van der Waals surface area (Å²) in [4.78, 5) is 14.7. The van der Waals surface area contributed by atoms with E-state index in [1.807, 2.05) is 6.07 Å². The summed E-state index contributed by atoms with van der Waals surface area (Å²) < 4.78 is 53.6. The first-order valence-electron chi connectivity index (χ1n) is 8.88. The highest BCUT2D eigenvalue weighted by Gasteiger charge is 2.41. The molecule has 2 heterocycles. The van der Waals surface area contributed by atoms with E-state index in [0.717, 1.165) is 10.9 Å². The molecule has 0 saturated heterocycles. The molecule has 0 fully saturated rings. The number of allylic oxidation sites excluding steroid dienone is 1. The third-order valence-electron chi connectivity index (χ3n) is 4.86. The highest BCUT2D eigenvalue weighted by molar-refractivity contribution is 7.27. The number of halogens is 3. The number of rotatable bonds is 5. The molecule has 9 heteroatoms. The Bertz CT molecular complexity index is 1070. The maximum Gasteiger partial charge on any atom is 0.448 e. The van der Waals surface area contributed by atoms with Crippen molar-refractivity contribution in [1.29, 1.82) is 0 Å². The molecule has 2 aliphatic heterocycles. The van der Waals surface area contributed by atoms with Crippen LogP contribution in [0.25, 0.3) is 0 Å². The molecule has 2 aliphatic rings. The first-order valence-corrected chi connectivity index (χ1v) is 9.45. The Balaban J connectivity index is 1.65. The number of carbonyl (C=O) groups excluding carboxylic acids is 1. The van der Waals surface area contributed by atoms with Gasteiger partial charge in [-0.3, -0.25) is 4.79 Å². The monoisotopic (exact) mass is 435 g/mol. The summed E-state index contributed by atoms with van der Waals surface area (Å²) in [7, 11) is 2.58. The summed E-state index contributed by atoms with van der Waals surface area (Å²) in [5, 5.41) is 0.759. The molecule has 1 amide bonds. The molecule has 0 aromatic heterocycles. The lowest BCUT2D eigenvalue weighted by Gasteiger charge is -2.21. The normalized spacial score (nSPS) is 17.1. The van der Waals surface area contributed by atoms with Crippen LogP contribution in [0.15, 0.2) is 61.1 Å². The number of ether oxygens (including phenoxy) is 3. The van der Waals surface area contributed by atoms with Gasteiger partial charge in [0.05, 0.1) is 12.5 Å². The van der Waals surface area contributed by atoms with Gasteiger partial charge in [0.15, 0.2) is 11.5 Å². The summed E-state index contributed by atoms with van der Waals surface area (Å²) in [6.45, 7) is 6.26. The van der Waals surface area contributed by atoms with Crippen LogP contribution in [-0.2, 0) is 9.53 Å².